The van der Waals surface area contributed by atoms with E-state index in [4.69, 9.17) is 43.7 Å². The average molecular weight is 1520 g/mol. The van der Waals surface area contributed by atoms with Crippen LogP contribution in [0.2, 0.25) is 0 Å². The molecule has 0 spiro atoms. The van der Waals surface area contributed by atoms with Gasteiger partial charge in [0.25, 0.3) is 0 Å². The number of carbonyl (C=O) groups is 6. The number of esters is 6. The lowest BCUT2D eigenvalue weighted by atomic mass is 9.99. The predicted octanol–water partition coefficient (Wildman–Crippen LogP) is 14.1. The van der Waals surface area contributed by atoms with E-state index >= 15 is 0 Å². The summed E-state index contributed by atoms with van der Waals surface area (Å²) in [6.45, 7) is 4.87. The van der Waals surface area contributed by atoms with E-state index in [1.54, 1.807) is 0 Å². The van der Waals surface area contributed by atoms with Crippen LogP contribution >= 0.6 is 0 Å². The highest BCUT2D eigenvalue weighted by molar-refractivity contribution is 5.72. The van der Waals surface area contributed by atoms with Crippen LogP contribution in [0.1, 0.15) is 387 Å². The highest BCUT2D eigenvalue weighted by atomic mass is 16.6. The molecule has 628 valence electrons. The fraction of sp³-hybridized carbons (Fsp3) is 0.928. The number of ether oxygens (including phenoxy) is 6. The first-order valence-corrected chi connectivity index (χ1v) is 42.5. The molecular formula is C83H158O23. The van der Waals surface area contributed by atoms with E-state index in [-0.39, 0.29) is 96.8 Å². The van der Waals surface area contributed by atoms with Crippen molar-refractivity contribution in [1.29, 1.82) is 0 Å². The normalized spacial score (nSPS) is 14.3. The van der Waals surface area contributed by atoms with Gasteiger partial charge in [0.15, 0.2) is 12.2 Å². The van der Waals surface area contributed by atoms with Crippen molar-refractivity contribution < 1.29 is 113 Å². The molecule has 0 aliphatic rings. The van der Waals surface area contributed by atoms with Gasteiger partial charge in [0.05, 0.1) is 68.7 Å². The smallest absolute Gasteiger partial charge is 0.306 e. The maximum atomic E-state index is 12.8. The first-order valence-electron chi connectivity index (χ1n) is 42.5. The third-order valence-electron chi connectivity index (χ3n) is 19.5. The Morgan fingerprint density at radius 1 is 0.226 bits per heavy atom. The van der Waals surface area contributed by atoms with E-state index in [1.165, 1.54) is 51.4 Å². The first-order chi connectivity index (χ1) is 51.2. The average Bonchev–Trinajstić information content (AvgIpc) is 0.995. The number of aliphatic hydroxyl groups is 11. The molecule has 0 bridgehead atoms. The number of rotatable bonds is 78. The molecule has 0 saturated carbocycles. The minimum absolute atomic E-state index is 0.181. The van der Waals surface area contributed by atoms with E-state index in [0.717, 1.165) is 193 Å². The maximum absolute atomic E-state index is 12.8. The van der Waals surface area contributed by atoms with Crippen LogP contribution in [0.3, 0.4) is 0 Å². The highest BCUT2D eigenvalue weighted by Gasteiger charge is 2.23. The minimum Gasteiger partial charge on any atom is -0.462 e. The van der Waals surface area contributed by atoms with Gasteiger partial charge in [0.2, 0.25) is 0 Å². The highest BCUT2D eigenvalue weighted by Crippen LogP contribution is 2.20. The molecule has 0 radical (unpaired) electrons. The molecule has 0 aromatic heterocycles. The van der Waals surface area contributed by atoms with Crippen molar-refractivity contribution >= 4 is 35.8 Å². The Hall–Kier alpha value is -3.62. The molecule has 0 aliphatic heterocycles. The number of unbranched alkanes of at least 4 members (excludes halogenated alkanes) is 34. The second-order valence-corrected chi connectivity index (χ2v) is 29.7. The van der Waals surface area contributed by atoms with Crippen LogP contribution in [-0.2, 0) is 57.2 Å². The van der Waals surface area contributed by atoms with Crippen molar-refractivity contribution in [2.75, 3.05) is 46.2 Å². The molecule has 0 saturated heterocycles. The molecule has 106 heavy (non-hydrogen) atoms. The van der Waals surface area contributed by atoms with Crippen LogP contribution in [0.5, 0.6) is 0 Å². The van der Waals surface area contributed by atoms with Gasteiger partial charge in [-0.3, -0.25) is 28.8 Å². The van der Waals surface area contributed by atoms with Crippen LogP contribution in [0.25, 0.3) is 0 Å². The zero-order valence-electron chi connectivity index (χ0n) is 66.8. The van der Waals surface area contributed by atoms with Gasteiger partial charge in [-0.05, 0) is 96.3 Å². The quantitative estimate of drug-likeness (QED) is 0.0153. The van der Waals surface area contributed by atoms with Gasteiger partial charge in [-0.15, -0.1) is 0 Å². The monoisotopic (exact) mass is 1520 g/mol. The molecule has 23 nitrogen and oxygen atoms in total. The Bertz CT molecular complexity index is 1940. The van der Waals surface area contributed by atoms with E-state index in [1.807, 2.05) is 6.92 Å². The third kappa shape index (κ3) is 73.2. The summed E-state index contributed by atoms with van der Waals surface area (Å²) in [5, 5.41) is 106. The molecule has 0 rings (SSSR count). The third-order valence-corrected chi connectivity index (χ3v) is 19.5. The van der Waals surface area contributed by atoms with Crippen molar-refractivity contribution in [2.24, 2.45) is 0 Å². The van der Waals surface area contributed by atoms with Gasteiger partial charge in [0, 0.05) is 38.5 Å². The molecule has 0 amide bonds. The van der Waals surface area contributed by atoms with E-state index in [2.05, 4.69) is 13.8 Å². The van der Waals surface area contributed by atoms with Crippen molar-refractivity contribution in [3.8, 4) is 0 Å². The molecule has 23 heteroatoms. The lowest BCUT2D eigenvalue weighted by Gasteiger charge is -2.18. The topological polar surface area (TPSA) is 380 Å². The number of hydrogen-bond donors (Lipinski definition) is 11. The van der Waals surface area contributed by atoms with Gasteiger partial charge >= 0.3 is 35.8 Å². The second kappa shape index (κ2) is 78.1. The first kappa shape index (κ1) is 104. The zero-order chi connectivity index (χ0) is 78.7. The van der Waals surface area contributed by atoms with E-state index < -0.39 is 84.8 Å². The summed E-state index contributed by atoms with van der Waals surface area (Å²) in [6.07, 6.45) is 38.8. The van der Waals surface area contributed by atoms with Crippen molar-refractivity contribution in [2.45, 2.75) is 448 Å². The molecule has 0 fully saturated rings. The minimum atomic E-state index is -0.912. The number of hydrogen-bond acceptors (Lipinski definition) is 23. The van der Waals surface area contributed by atoms with Gasteiger partial charge in [-0.25, -0.2) is 0 Å². The Balaban J connectivity index is 0. The van der Waals surface area contributed by atoms with Crippen molar-refractivity contribution in [3.63, 3.8) is 0 Å². The van der Waals surface area contributed by atoms with Crippen molar-refractivity contribution in [1.82, 2.24) is 0 Å². The zero-order valence-corrected chi connectivity index (χ0v) is 66.8. The van der Waals surface area contributed by atoms with E-state index in [9.17, 15) is 69.6 Å². The lowest BCUT2D eigenvalue weighted by molar-refractivity contribution is -0.167. The summed E-state index contributed by atoms with van der Waals surface area (Å²) in [4.78, 5) is 74.8. The van der Waals surface area contributed by atoms with Gasteiger partial charge in [-0.2, -0.15) is 0 Å². The molecule has 10 unspecified atom stereocenters. The summed E-state index contributed by atoms with van der Waals surface area (Å²) in [7, 11) is 0. The van der Waals surface area contributed by atoms with Gasteiger partial charge < -0.3 is 84.6 Å². The SMILES string of the molecule is CCC(O)CCCCCCCC(=O)OCC(COC(=O)CCCCCCCC(O)CO)OC(=O)CCCCCCCC(O)CO.CCCCCCCCC(O)C(O)CCCCCCCC(=O)OCC(COC(=O)CCCCCCCC(O)CO)OC(=O)CCCCCCCC(O)C(O)CCCCCCCC. The Labute approximate surface area is 640 Å². The van der Waals surface area contributed by atoms with Crippen LogP contribution in [0, 0.1) is 0 Å². The summed E-state index contributed by atoms with van der Waals surface area (Å²) in [6, 6.07) is 0. The number of carbonyl (C=O) groups excluding carboxylic acids is 6. The Morgan fingerprint density at radius 2 is 0.406 bits per heavy atom. The molecule has 0 heterocycles. The number of aliphatic hydroxyl groups excluding tert-OH is 11. The summed E-state index contributed by atoms with van der Waals surface area (Å²) < 4.78 is 32.7. The van der Waals surface area contributed by atoms with Crippen LogP contribution in [0.4, 0.5) is 0 Å². The Morgan fingerprint density at radius 3 is 0.613 bits per heavy atom. The standard InChI is InChI=1S/C49H94O12.C34H64O11/c1-3-5-7-9-15-23-31-43(52)45(54)33-25-17-12-20-28-36-48(57)60-40-42(39-59-47(56)35-27-19-11-14-22-30-41(51)38-50)61-49(58)37-29-21-13-18-26-34-46(55)44(53)32-24-16-10-8-6-4-2;1-2-28(37)18-12-6-3-9-15-21-32(40)43-26-31(45-34(42)23-17-11-5-8-14-20-30(39)25-36)27-44-33(41)22-16-10-4-7-13-19-29(38)24-35/h41-46,50-55H,3-40H2,1-2H3;28-31,35-39H,2-27H2,1H3. The van der Waals surface area contributed by atoms with Crippen molar-refractivity contribution in [3.05, 3.63) is 0 Å². The summed E-state index contributed by atoms with van der Waals surface area (Å²) in [5.41, 5.74) is 0. The molecule has 10 atom stereocenters. The van der Waals surface area contributed by atoms with Gasteiger partial charge in [0.1, 0.15) is 26.4 Å². The maximum Gasteiger partial charge on any atom is 0.306 e. The second-order valence-electron chi connectivity index (χ2n) is 29.7. The summed E-state index contributed by atoms with van der Waals surface area (Å²) >= 11 is 0. The molecule has 0 aromatic carbocycles. The lowest BCUT2D eigenvalue weighted by Crippen LogP contribution is -2.30. The largest absolute Gasteiger partial charge is 0.462 e. The van der Waals surface area contributed by atoms with Crippen LogP contribution in [-0.4, -0.2) is 199 Å². The molecule has 11 N–H and O–H groups in total. The molecule has 0 aromatic rings. The fourth-order valence-corrected chi connectivity index (χ4v) is 12.3. The molecule has 0 aliphatic carbocycles. The fourth-order valence-electron chi connectivity index (χ4n) is 12.3. The summed E-state index contributed by atoms with van der Waals surface area (Å²) in [5.74, 6) is -2.51. The van der Waals surface area contributed by atoms with Crippen LogP contribution < -0.4 is 0 Å². The van der Waals surface area contributed by atoms with Gasteiger partial charge in [-0.1, -0.05) is 252 Å². The predicted molar refractivity (Wildman–Crippen MR) is 413 cm³/mol. The van der Waals surface area contributed by atoms with E-state index in [0.29, 0.717) is 83.5 Å². The Kier molecular flexibility index (Phi) is 76.9. The van der Waals surface area contributed by atoms with Crippen LogP contribution in [0.15, 0.2) is 0 Å². The molecular weight excluding hydrogens is 1360 g/mol.